The number of methoxy groups -OCH3 is 1. The SMILES string of the molecule is COc1ccc(CNc2cc(C)c(O)cc2C)cc1Br. The predicted molar refractivity (Wildman–Crippen MR) is 85.6 cm³/mol. The Morgan fingerprint density at radius 2 is 1.90 bits per heavy atom. The van der Waals surface area contributed by atoms with Crippen LogP contribution in [0.25, 0.3) is 0 Å². The van der Waals surface area contributed by atoms with Gasteiger partial charge in [0, 0.05) is 12.2 Å². The molecular formula is C16H18BrNO2. The Labute approximate surface area is 127 Å². The standard InChI is InChI=1S/C16H18BrNO2/c1-10-7-15(19)11(2)6-14(10)18-9-12-4-5-16(20-3)13(17)8-12/h4-8,18-19H,9H2,1-3H3. The van der Waals surface area contributed by atoms with Crippen molar-refractivity contribution in [2.45, 2.75) is 20.4 Å². The van der Waals surface area contributed by atoms with Crippen molar-refractivity contribution in [3.63, 3.8) is 0 Å². The lowest BCUT2D eigenvalue weighted by molar-refractivity contribution is 0.412. The molecule has 2 N–H and O–H groups in total. The molecule has 0 radical (unpaired) electrons. The van der Waals surface area contributed by atoms with Crippen LogP contribution < -0.4 is 10.1 Å². The number of ether oxygens (including phenoxy) is 1. The molecule has 0 heterocycles. The normalized spacial score (nSPS) is 10.4. The number of benzene rings is 2. The Kier molecular flexibility index (Phi) is 4.55. The maximum absolute atomic E-state index is 9.66. The smallest absolute Gasteiger partial charge is 0.133 e. The van der Waals surface area contributed by atoms with Gasteiger partial charge < -0.3 is 15.2 Å². The van der Waals surface area contributed by atoms with Gasteiger partial charge in [-0.2, -0.15) is 0 Å². The maximum atomic E-state index is 9.66. The fourth-order valence-corrected chi connectivity index (χ4v) is 2.60. The molecule has 106 valence electrons. The molecule has 0 aromatic heterocycles. The van der Waals surface area contributed by atoms with E-state index < -0.39 is 0 Å². The van der Waals surface area contributed by atoms with Crippen molar-refractivity contribution >= 4 is 21.6 Å². The summed E-state index contributed by atoms with van der Waals surface area (Å²) in [5.74, 6) is 1.16. The molecule has 0 amide bonds. The summed E-state index contributed by atoms with van der Waals surface area (Å²) in [5, 5.41) is 13.0. The number of rotatable bonds is 4. The Morgan fingerprint density at radius 3 is 2.55 bits per heavy atom. The van der Waals surface area contributed by atoms with Gasteiger partial charge in [-0.3, -0.25) is 0 Å². The predicted octanol–water partition coefficient (Wildman–Crippen LogP) is 4.39. The largest absolute Gasteiger partial charge is 0.508 e. The van der Waals surface area contributed by atoms with E-state index in [2.05, 4.69) is 21.2 Å². The molecule has 0 saturated carbocycles. The monoisotopic (exact) mass is 335 g/mol. The van der Waals surface area contributed by atoms with Gasteiger partial charge >= 0.3 is 0 Å². The van der Waals surface area contributed by atoms with E-state index in [-0.39, 0.29) is 0 Å². The minimum Gasteiger partial charge on any atom is -0.508 e. The fourth-order valence-electron chi connectivity index (χ4n) is 2.01. The summed E-state index contributed by atoms with van der Waals surface area (Å²) in [6, 6.07) is 9.74. The van der Waals surface area contributed by atoms with Crippen LogP contribution in [0.1, 0.15) is 16.7 Å². The van der Waals surface area contributed by atoms with Crippen LogP contribution >= 0.6 is 15.9 Å². The molecule has 2 aromatic rings. The van der Waals surface area contributed by atoms with Gasteiger partial charge in [0.05, 0.1) is 11.6 Å². The molecule has 0 aliphatic carbocycles. The molecule has 2 rings (SSSR count). The summed E-state index contributed by atoms with van der Waals surface area (Å²) in [6.07, 6.45) is 0. The highest BCUT2D eigenvalue weighted by molar-refractivity contribution is 9.10. The topological polar surface area (TPSA) is 41.5 Å². The van der Waals surface area contributed by atoms with Crippen LogP contribution in [0.4, 0.5) is 5.69 Å². The molecule has 0 spiro atoms. The van der Waals surface area contributed by atoms with Crippen molar-refractivity contribution < 1.29 is 9.84 Å². The van der Waals surface area contributed by atoms with Crippen molar-refractivity contribution in [2.24, 2.45) is 0 Å². The van der Waals surface area contributed by atoms with E-state index in [1.165, 1.54) is 0 Å². The van der Waals surface area contributed by atoms with Gasteiger partial charge in [0.2, 0.25) is 0 Å². The highest BCUT2D eigenvalue weighted by Gasteiger charge is 2.05. The molecule has 0 bridgehead atoms. The van der Waals surface area contributed by atoms with E-state index >= 15 is 0 Å². The summed E-state index contributed by atoms with van der Waals surface area (Å²) < 4.78 is 6.16. The lowest BCUT2D eigenvalue weighted by Crippen LogP contribution is -2.01. The average Bonchev–Trinajstić information content (AvgIpc) is 2.41. The van der Waals surface area contributed by atoms with Crippen LogP contribution in [0.3, 0.4) is 0 Å². The molecule has 4 heteroatoms. The zero-order chi connectivity index (χ0) is 14.7. The third kappa shape index (κ3) is 3.25. The zero-order valence-electron chi connectivity index (χ0n) is 11.8. The number of phenolic OH excluding ortho intramolecular Hbond substituents is 1. The number of nitrogens with one attached hydrogen (secondary N) is 1. The third-order valence-electron chi connectivity index (χ3n) is 3.24. The van der Waals surface area contributed by atoms with Gasteiger partial charge in [-0.05, 0) is 70.7 Å². The lowest BCUT2D eigenvalue weighted by Gasteiger charge is -2.12. The van der Waals surface area contributed by atoms with E-state index in [1.54, 1.807) is 13.2 Å². The average molecular weight is 336 g/mol. The van der Waals surface area contributed by atoms with Gasteiger partial charge in [-0.1, -0.05) is 6.07 Å². The first-order valence-corrected chi connectivity index (χ1v) is 7.17. The number of hydrogen-bond acceptors (Lipinski definition) is 3. The molecule has 0 aliphatic heterocycles. The van der Waals surface area contributed by atoms with E-state index in [4.69, 9.17) is 4.74 Å². The summed E-state index contributed by atoms with van der Waals surface area (Å²) in [4.78, 5) is 0. The van der Waals surface area contributed by atoms with Gasteiger partial charge in [0.25, 0.3) is 0 Å². The number of halogens is 1. The first-order valence-electron chi connectivity index (χ1n) is 6.37. The minimum atomic E-state index is 0.334. The Bertz CT molecular complexity index is 626. The van der Waals surface area contributed by atoms with E-state index in [0.29, 0.717) is 12.3 Å². The van der Waals surface area contributed by atoms with E-state index in [0.717, 1.165) is 32.6 Å². The van der Waals surface area contributed by atoms with Gasteiger partial charge in [-0.15, -0.1) is 0 Å². The molecule has 0 atom stereocenters. The molecule has 2 aromatic carbocycles. The van der Waals surface area contributed by atoms with Crippen molar-refractivity contribution in [1.82, 2.24) is 0 Å². The second-order valence-electron chi connectivity index (χ2n) is 4.78. The van der Waals surface area contributed by atoms with Gasteiger partial charge in [-0.25, -0.2) is 0 Å². The molecule has 0 saturated heterocycles. The molecule has 20 heavy (non-hydrogen) atoms. The van der Waals surface area contributed by atoms with Crippen LogP contribution in [0.2, 0.25) is 0 Å². The third-order valence-corrected chi connectivity index (χ3v) is 3.86. The van der Waals surface area contributed by atoms with Gasteiger partial charge in [0.15, 0.2) is 0 Å². The highest BCUT2D eigenvalue weighted by atomic mass is 79.9. The maximum Gasteiger partial charge on any atom is 0.133 e. The van der Waals surface area contributed by atoms with Crippen molar-refractivity contribution in [3.05, 3.63) is 51.5 Å². The van der Waals surface area contributed by atoms with Crippen LogP contribution in [0, 0.1) is 13.8 Å². The first-order chi connectivity index (χ1) is 9.51. The molecular weight excluding hydrogens is 318 g/mol. The number of aryl methyl sites for hydroxylation is 2. The second-order valence-corrected chi connectivity index (χ2v) is 5.63. The number of aromatic hydroxyl groups is 1. The minimum absolute atomic E-state index is 0.334. The number of anilines is 1. The lowest BCUT2D eigenvalue weighted by atomic mass is 10.1. The van der Waals surface area contributed by atoms with Crippen molar-refractivity contribution in [2.75, 3.05) is 12.4 Å². The van der Waals surface area contributed by atoms with E-state index in [9.17, 15) is 5.11 Å². The summed E-state index contributed by atoms with van der Waals surface area (Å²) in [7, 11) is 1.65. The number of hydrogen-bond donors (Lipinski definition) is 2. The summed E-state index contributed by atoms with van der Waals surface area (Å²) in [5.41, 5.74) is 4.09. The Hall–Kier alpha value is -1.68. The Balaban J connectivity index is 2.13. The zero-order valence-corrected chi connectivity index (χ0v) is 13.4. The van der Waals surface area contributed by atoms with Crippen LogP contribution in [-0.2, 0) is 6.54 Å². The van der Waals surface area contributed by atoms with Crippen LogP contribution in [0.5, 0.6) is 11.5 Å². The van der Waals surface area contributed by atoms with Crippen molar-refractivity contribution in [1.29, 1.82) is 0 Å². The van der Waals surface area contributed by atoms with Crippen molar-refractivity contribution in [3.8, 4) is 11.5 Å². The second kappa shape index (κ2) is 6.18. The Morgan fingerprint density at radius 1 is 1.15 bits per heavy atom. The van der Waals surface area contributed by atoms with Crippen LogP contribution in [0.15, 0.2) is 34.8 Å². The molecule has 3 nitrogen and oxygen atoms in total. The molecule has 0 unspecified atom stereocenters. The first kappa shape index (κ1) is 14.7. The fraction of sp³-hybridized carbons (Fsp3) is 0.250. The quantitative estimate of drug-likeness (QED) is 0.814. The molecule has 0 fully saturated rings. The summed E-state index contributed by atoms with van der Waals surface area (Å²) in [6.45, 7) is 4.59. The number of phenols is 1. The highest BCUT2D eigenvalue weighted by Crippen LogP contribution is 2.27. The van der Waals surface area contributed by atoms with E-state index in [1.807, 2.05) is 38.1 Å². The summed E-state index contributed by atoms with van der Waals surface area (Å²) >= 11 is 3.48. The van der Waals surface area contributed by atoms with Gasteiger partial charge in [0.1, 0.15) is 11.5 Å². The van der Waals surface area contributed by atoms with Crippen LogP contribution in [-0.4, -0.2) is 12.2 Å². The molecule has 0 aliphatic rings.